The summed E-state index contributed by atoms with van der Waals surface area (Å²) in [5, 5.41) is 13.0. The standard InChI is InChI=1S/C15H11N3O2/c1-11(19)13-5-7-14(8-6-13)18(17-20)15-4-2-3-12(9-15)10-16/h2-9H,1H3. The lowest BCUT2D eigenvalue weighted by atomic mass is 10.1. The van der Waals surface area contributed by atoms with Gasteiger partial charge in [-0.25, -0.2) is 0 Å². The second-order valence-corrected chi connectivity index (χ2v) is 4.16. The average Bonchev–Trinajstić information content (AvgIpc) is 2.49. The Hall–Kier alpha value is -3.00. The molecule has 2 aromatic rings. The van der Waals surface area contributed by atoms with E-state index in [0.29, 0.717) is 22.5 Å². The zero-order valence-electron chi connectivity index (χ0n) is 10.8. The van der Waals surface area contributed by atoms with Gasteiger partial charge in [-0.3, -0.25) is 4.79 Å². The Morgan fingerprint density at radius 3 is 2.40 bits per heavy atom. The highest BCUT2D eigenvalue weighted by Gasteiger charge is 2.11. The molecular formula is C15H11N3O2. The number of Topliss-reactive ketones (excluding diaryl/α,β-unsaturated/α-hetero) is 1. The first-order chi connectivity index (χ1) is 9.65. The smallest absolute Gasteiger partial charge is 0.159 e. The first-order valence-electron chi connectivity index (χ1n) is 5.90. The van der Waals surface area contributed by atoms with E-state index in [9.17, 15) is 9.70 Å². The minimum absolute atomic E-state index is 0.0476. The third-order valence-corrected chi connectivity index (χ3v) is 2.82. The maximum atomic E-state index is 11.2. The van der Waals surface area contributed by atoms with Crippen molar-refractivity contribution in [3.8, 4) is 6.07 Å². The van der Waals surface area contributed by atoms with E-state index < -0.39 is 0 Å². The highest BCUT2D eigenvalue weighted by Crippen LogP contribution is 2.26. The lowest BCUT2D eigenvalue weighted by Gasteiger charge is -2.15. The molecule has 0 saturated heterocycles. The molecule has 0 aliphatic rings. The van der Waals surface area contributed by atoms with Gasteiger partial charge in [-0.15, -0.1) is 4.91 Å². The highest BCUT2D eigenvalue weighted by atomic mass is 16.3. The Balaban J connectivity index is 2.39. The number of hydrogen-bond acceptors (Lipinski definition) is 4. The minimum atomic E-state index is -0.0476. The maximum Gasteiger partial charge on any atom is 0.159 e. The van der Waals surface area contributed by atoms with Crippen molar-refractivity contribution in [3.05, 3.63) is 64.6 Å². The molecule has 0 N–H and O–H groups in total. The van der Waals surface area contributed by atoms with Crippen LogP contribution >= 0.6 is 0 Å². The number of hydrogen-bond donors (Lipinski definition) is 0. The Labute approximate surface area is 116 Å². The predicted octanol–water partition coefficient (Wildman–Crippen LogP) is 3.58. The molecule has 0 spiro atoms. The van der Waals surface area contributed by atoms with Crippen LogP contribution in [0, 0.1) is 16.2 Å². The van der Waals surface area contributed by atoms with Gasteiger partial charge in [-0.1, -0.05) is 6.07 Å². The molecule has 0 heterocycles. The van der Waals surface area contributed by atoms with E-state index in [2.05, 4.69) is 5.29 Å². The molecular weight excluding hydrogens is 254 g/mol. The van der Waals surface area contributed by atoms with Crippen molar-refractivity contribution in [1.29, 1.82) is 5.26 Å². The lowest BCUT2D eigenvalue weighted by molar-refractivity contribution is 0.101. The van der Waals surface area contributed by atoms with Gasteiger partial charge in [0.15, 0.2) is 5.78 Å². The summed E-state index contributed by atoms with van der Waals surface area (Å²) >= 11 is 0. The van der Waals surface area contributed by atoms with Crippen LogP contribution in [0.1, 0.15) is 22.8 Å². The van der Waals surface area contributed by atoms with Gasteiger partial charge in [-0.2, -0.15) is 10.3 Å². The van der Waals surface area contributed by atoms with Crippen LogP contribution < -0.4 is 5.01 Å². The molecule has 2 rings (SSSR count). The Morgan fingerprint density at radius 1 is 1.15 bits per heavy atom. The molecule has 0 atom stereocenters. The van der Waals surface area contributed by atoms with Gasteiger partial charge >= 0.3 is 0 Å². The van der Waals surface area contributed by atoms with Gasteiger partial charge in [0, 0.05) is 5.56 Å². The summed E-state index contributed by atoms with van der Waals surface area (Å²) in [6.45, 7) is 1.47. The van der Waals surface area contributed by atoms with Crippen LogP contribution in [0.5, 0.6) is 0 Å². The van der Waals surface area contributed by atoms with Gasteiger partial charge in [0.2, 0.25) is 0 Å². The van der Waals surface area contributed by atoms with Crippen LogP contribution in [-0.2, 0) is 0 Å². The van der Waals surface area contributed by atoms with E-state index in [0.717, 1.165) is 0 Å². The minimum Gasteiger partial charge on any atom is -0.295 e. The molecule has 0 unspecified atom stereocenters. The maximum absolute atomic E-state index is 11.2. The molecule has 0 radical (unpaired) electrons. The van der Waals surface area contributed by atoms with Crippen LogP contribution in [0.4, 0.5) is 11.4 Å². The quantitative estimate of drug-likeness (QED) is 0.481. The first kappa shape index (κ1) is 13.4. The lowest BCUT2D eigenvalue weighted by Crippen LogP contribution is -2.08. The van der Waals surface area contributed by atoms with E-state index in [1.54, 1.807) is 48.5 Å². The zero-order chi connectivity index (χ0) is 14.5. The molecule has 0 fully saturated rings. The van der Waals surface area contributed by atoms with Gasteiger partial charge in [-0.05, 0) is 49.4 Å². The summed E-state index contributed by atoms with van der Waals surface area (Å²) in [5.41, 5.74) is 2.02. The highest BCUT2D eigenvalue weighted by molar-refractivity contribution is 5.94. The number of nitroso groups, excluding NO2 is 1. The molecule has 0 amide bonds. The van der Waals surface area contributed by atoms with Crippen LogP contribution in [-0.4, -0.2) is 5.78 Å². The summed E-state index contributed by atoms with van der Waals surface area (Å²) in [4.78, 5) is 22.3. The van der Waals surface area contributed by atoms with E-state index in [1.807, 2.05) is 6.07 Å². The molecule has 2 aromatic carbocycles. The van der Waals surface area contributed by atoms with Gasteiger partial charge < -0.3 is 0 Å². The van der Waals surface area contributed by atoms with E-state index in [4.69, 9.17) is 5.26 Å². The summed E-state index contributed by atoms with van der Waals surface area (Å²) in [7, 11) is 0. The summed E-state index contributed by atoms with van der Waals surface area (Å²) in [5.74, 6) is -0.0476. The molecule has 0 aliphatic carbocycles. The number of nitriles is 1. The molecule has 0 aliphatic heterocycles. The van der Waals surface area contributed by atoms with Crippen molar-refractivity contribution in [1.82, 2.24) is 0 Å². The molecule has 98 valence electrons. The van der Waals surface area contributed by atoms with Gasteiger partial charge in [0.25, 0.3) is 0 Å². The third kappa shape index (κ3) is 2.70. The largest absolute Gasteiger partial charge is 0.295 e. The number of ketones is 1. The van der Waals surface area contributed by atoms with Crippen molar-refractivity contribution in [2.45, 2.75) is 6.92 Å². The second kappa shape index (κ2) is 5.76. The Morgan fingerprint density at radius 2 is 1.85 bits per heavy atom. The zero-order valence-corrected chi connectivity index (χ0v) is 10.8. The van der Waals surface area contributed by atoms with Crippen LogP contribution in [0.2, 0.25) is 0 Å². The topological polar surface area (TPSA) is 73.5 Å². The van der Waals surface area contributed by atoms with Crippen LogP contribution in [0.3, 0.4) is 0 Å². The fourth-order valence-corrected chi connectivity index (χ4v) is 1.79. The number of benzene rings is 2. The van der Waals surface area contributed by atoms with Crippen molar-refractivity contribution < 1.29 is 4.79 Å². The van der Waals surface area contributed by atoms with Crippen molar-refractivity contribution in [2.24, 2.45) is 5.29 Å². The molecule has 0 aromatic heterocycles. The third-order valence-electron chi connectivity index (χ3n) is 2.82. The monoisotopic (exact) mass is 265 g/mol. The average molecular weight is 265 g/mol. The van der Waals surface area contributed by atoms with Crippen LogP contribution in [0.15, 0.2) is 53.8 Å². The first-order valence-corrected chi connectivity index (χ1v) is 5.90. The van der Waals surface area contributed by atoms with Crippen molar-refractivity contribution in [3.63, 3.8) is 0 Å². The second-order valence-electron chi connectivity index (χ2n) is 4.16. The number of carbonyl (C=O) groups excluding carboxylic acids is 1. The SMILES string of the molecule is CC(=O)c1ccc(N(N=O)c2cccc(C#N)c2)cc1. The molecule has 0 saturated carbocycles. The summed E-state index contributed by atoms with van der Waals surface area (Å²) in [6, 6.07) is 15.1. The number of nitrogens with zero attached hydrogens (tertiary/aromatic N) is 3. The molecule has 5 nitrogen and oxygen atoms in total. The number of carbonyl (C=O) groups is 1. The Kier molecular flexibility index (Phi) is 3.87. The Bertz CT molecular complexity index is 687. The fourth-order valence-electron chi connectivity index (χ4n) is 1.79. The fraction of sp³-hybridized carbons (Fsp3) is 0.0667. The molecule has 0 bridgehead atoms. The van der Waals surface area contributed by atoms with E-state index >= 15 is 0 Å². The van der Waals surface area contributed by atoms with Crippen molar-refractivity contribution in [2.75, 3.05) is 5.01 Å². The summed E-state index contributed by atoms with van der Waals surface area (Å²) in [6.07, 6.45) is 0. The number of anilines is 2. The normalized spacial score (nSPS) is 9.60. The molecule has 20 heavy (non-hydrogen) atoms. The van der Waals surface area contributed by atoms with E-state index in [1.165, 1.54) is 11.9 Å². The summed E-state index contributed by atoms with van der Waals surface area (Å²) < 4.78 is 0. The predicted molar refractivity (Wildman–Crippen MR) is 75.5 cm³/mol. The van der Waals surface area contributed by atoms with Gasteiger partial charge in [0.05, 0.1) is 28.3 Å². The van der Waals surface area contributed by atoms with Crippen molar-refractivity contribution >= 4 is 17.2 Å². The van der Waals surface area contributed by atoms with Crippen LogP contribution in [0.25, 0.3) is 0 Å². The van der Waals surface area contributed by atoms with Gasteiger partial charge in [0.1, 0.15) is 0 Å². The molecule has 5 heteroatoms. The van der Waals surface area contributed by atoms with E-state index in [-0.39, 0.29) is 5.78 Å². The number of rotatable bonds is 4.